The summed E-state index contributed by atoms with van der Waals surface area (Å²) < 4.78 is 16.2. The summed E-state index contributed by atoms with van der Waals surface area (Å²) in [4.78, 5) is 28.4. The van der Waals surface area contributed by atoms with Crippen LogP contribution in [-0.4, -0.2) is 24.6 Å². The van der Waals surface area contributed by atoms with Crippen LogP contribution in [0, 0.1) is 0 Å². The summed E-state index contributed by atoms with van der Waals surface area (Å²) in [6.07, 6.45) is 3.37. The highest BCUT2D eigenvalue weighted by Crippen LogP contribution is 2.25. The molecular formula is C24H20N2O5. The molecule has 0 atom stereocenters. The second kappa shape index (κ2) is 9.13. The van der Waals surface area contributed by atoms with Crippen molar-refractivity contribution in [3.63, 3.8) is 0 Å². The molecule has 0 saturated carbocycles. The van der Waals surface area contributed by atoms with E-state index in [0.29, 0.717) is 34.8 Å². The van der Waals surface area contributed by atoms with Crippen LogP contribution in [0.5, 0.6) is 11.5 Å². The number of nitrogens with zero attached hydrogens (tertiary/aromatic N) is 1. The molecule has 1 N–H and O–H groups in total. The maximum absolute atomic E-state index is 12.4. The molecule has 7 nitrogen and oxygen atoms in total. The third-order valence-corrected chi connectivity index (χ3v) is 4.69. The van der Waals surface area contributed by atoms with E-state index in [2.05, 4.69) is 10.3 Å². The Morgan fingerprint density at radius 2 is 1.87 bits per heavy atom. The van der Waals surface area contributed by atoms with E-state index in [1.807, 2.05) is 18.2 Å². The van der Waals surface area contributed by atoms with Gasteiger partial charge in [-0.1, -0.05) is 18.2 Å². The van der Waals surface area contributed by atoms with Gasteiger partial charge in [0.15, 0.2) is 6.61 Å². The van der Waals surface area contributed by atoms with Crippen LogP contribution in [0.1, 0.15) is 5.56 Å². The first-order valence-corrected chi connectivity index (χ1v) is 9.63. The second-order valence-corrected chi connectivity index (χ2v) is 6.80. The number of amides is 1. The van der Waals surface area contributed by atoms with Crippen LogP contribution in [0.4, 0.5) is 0 Å². The van der Waals surface area contributed by atoms with Crippen LogP contribution in [-0.2, 0) is 11.3 Å². The predicted molar refractivity (Wildman–Crippen MR) is 116 cm³/mol. The zero-order valence-electron chi connectivity index (χ0n) is 16.8. The number of methoxy groups -OCH3 is 1. The maximum Gasteiger partial charge on any atom is 0.344 e. The number of pyridine rings is 1. The molecule has 4 rings (SSSR count). The van der Waals surface area contributed by atoms with E-state index in [0.717, 1.165) is 10.9 Å². The molecule has 4 aromatic rings. The van der Waals surface area contributed by atoms with Crippen LogP contribution in [0.25, 0.3) is 22.1 Å². The number of hydrogen-bond acceptors (Lipinski definition) is 6. The van der Waals surface area contributed by atoms with Crippen LogP contribution < -0.4 is 20.4 Å². The topological polar surface area (TPSA) is 90.7 Å². The van der Waals surface area contributed by atoms with Gasteiger partial charge >= 0.3 is 5.63 Å². The first kappa shape index (κ1) is 20.2. The Hall–Kier alpha value is -4.13. The van der Waals surface area contributed by atoms with Crippen LogP contribution >= 0.6 is 0 Å². The monoisotopic (exact) mass is 416 g/mol. The Morgan fingerprint density at radius 3 is 2.61 bits per heavy atom. The molecule has 2 aromatic heterocycles. The highest BCUT2D eigenvalue weighted by atomic mass is 16.5. The Kier molecular flexibility index (Phi) is 5.93. The standard InChI is InChI=1S/C24H20N2O5/c1-29-20-8-9-22-18(11-20)12-21(24(28)31-22)17-4-6-19(7-5-17)30-15-23(27)26-14-16-3-2-10-25-13-16/h2-13H,14-15H2,1H3,(H,26,27). The van der Waals surface area contributed by atoms with Crippen molar-refractivity contribution in [1.82, 2.24) is 10.3 Å². The fourth-order valence-electron chi connectivity index (χ4n) is 3.06. The average Bonchev–Trinajstić information content (AvgIpc) is 2.81. The van der Waals surface area contributed by atoms with E-state index in [4.69, 9.17) is 13.9 Å². The number of carbonyl (C=O) groups is 1. The van der Waals surface area contributed by atoms with Crippen molar-refractivity contribution in [3.8, 4) is 22.6 Å². The summed E-state index contributed by atoms with van der Waals surface area (Å²) in [6, 6.07) is 17.6. The van der Waals surface area contributed by atoms with E-state index in [9.17, 15) is 9.59 Å². The molecule has 7 heteroatoms. The number of ether oxygens (including phenoxy) is 2. The van der Waals surface area contributed by atoms with Gasteiger partial charge < -0.3 is 19.2 Å². The van der Waals surface area contributed by atoms with Crippen molar-refractivity contribution < 1.29 is 18.7 Å². The summed E-state index contributed by atoms with van der Waals surface area (Å²) in [6.45, 7) is 0.273. The lowest BCUT2D eigenvalue weighted by Crippen LogP contribution is -2.28. The summed E-state index contributed by atoms with van der Waals surface area (Å²) >= 11 is 0. The minimum Gasteiger partial charge on any atom is -0.497 e. The van der Waals surface area contributed by atoms with Gasteiger partial charge in [-0.05, 0) is 53.6 Å². The predicted octanol–water partition coefficient (Wildman–Crippen LogP) is 3.56. The molecular weight excluding hydrogens is 396 g/mol. The van der Waals surface area contributed by atoms with Crippen LogP contribution in [0.3, 0.4) is 0 Å². The van der Waals surface area contributed by atoms with Gasteiger partial charge in [-0.15, -0.1) is 0 Å². The minimum atomic E-state index is -0.430. The summed E-state index contributed by atoms with van der Waals surface area (Å²) in [7, 11) is 1.58. The first-order valence-electron chi connectivity index (χ1n) is 9.63. The fraction of sp³-hybridized carbons (Fsp3) is 0.125. The molecule has 0 radical (unpaired) electrons. The molecule has 0 aliphatic heterocycles. The maximum atomic E-state index is 12.4. The van der Waals surface area contributed by atoms with Gasteiger partial charge in [0.2, 0.25) is 0 Å². The molecule has 0 spiro atoms. The van der Waals surface area contributed by atoms with Gasteiger partial charge in [0.1, 0.15) is 17.1 Å². The highest BCUT2D eigenvalue weighted by molar-refractivity contribution is 5.83. The van der Waals surface area contributed by atoms with Crippen molar-refractivity contribution in [2.75, 3.05) is 13.7 Å². The molecule has 0 aliphatic rings. The van der Waals surface area contributed by atoms with Crippen LogP contribution in [0.15, 0.2) is 82.3 Å². The lowest BCUT2D eigenvalue weighted by Gasteiger charge is -2.08. The van der Waals surface area contributed by atoms with Crippen molar-refractivity contribution in [2.45, 2.75) is 6.54 Å². The lowest BCUT2D eigenvalue weighted by atomic mass is 10.1. The number of fused-ring (bicyclic) bond motifs is 1. The molecule has 0 unspecified atom stereocenters. The van der Waals surface area contributed by atoms with Crippen molar-refractivity contribution in [3.05, 3.63) is 89.0 Å². The minimum absolute atomic E-state index is 0.114. The molecule has 1 amide bonds. The quantitative estimate of drug-likeness (QED) is 0.463. The molecule has 0 fully saturated rings. The average molecular weight is 416 g/mol. The number of hydrogen-bond donors (Lipinski definition) is 1. The smallest absolute Gasteiger partial charge is 0.344 e. The number of aromatic nitrogens is 1. The van der Waals surface area contributed by atoms with Gasteiger partial charge in [0, 0.05) is 24.3 Å². The lowest BCUT2D eigenvalue weighted by molar-refractivity contribution is -0.123. The summed E-state index contributed by atoms with van der Waals surface area (Å²) in [5.41, 5.74) is 2.09. The third kappa shape index (κ3) is 4.90. The SMILES string of the molecule is COc1ccc2oc(=O)c(-c3ccc(OCC(=O)NCc4cccnc4)cc3)cc2c1. The van der Waals surface area contributed by atoms with E-state index in [-0.39, 0.29) is 12.5 Å². The van der Waals surface area contributed by atoms with Crippen molar-refractivity contribution >= 4 is 16.9 Å². The number of nitrogens with one attached hydrogen (secondary N) is 1. The van der Waals surface area contributed by atoms with Crippen molar-refractivity contribution in [1.29, 1.82) is 0 Å². The molecule has 0 aliphatic carbocycles. The van der Waals surface area contributed by atoms with Crippen molar-refractivity contribution in [2.24, 2.45) is 0 Å². The second-order valence-electron chi connectivity index (χ2n) is 6.80. The van der Waals surface area contributed by atoms with Crippen LogP contribution in [0.2, 0.25) is 0 Å². The molecule has 2 heterocycles. The van der Waals surface area contributed by atoms with E-state index < -0.39 is 5.63 Å². The fourth-order valence-corrected chi connectivity index (χ4v) is 3.06. The van der Waals surface area contributed by atoms with Gasteiger partial charge in [0.25, 0.3) is 5.91 Å². The number of benzene rings is 2. The number of rotatable bonds is 7. The van der Waals surface area contributed by atoms with Gasteiger partial charge in [0.05, 0.1) is 12.7 Å². The molecule has 0 saturated heterocycles. The van der Waals surface area contributed by atoms with Gasteiger partial charge in [-0.3, -0.25) is 9.78 Å². The number of carbonyl (C=O) groups excluding carboxylic acids is 1. The normalized spacial score (nSPS) is 10.6. The van der Waals surface area contributed by atoms with Gasteiger partial charge in [-0.25, -0.2) is 4.79 Å². The zero-order chi connectivity index (χ0) is 21.6. The first-order chi connectivity index (χ1) is 15.1. The van der Waals surface area contributed by atoms with E-state index in [1.165, 1.54) is 0 Å². The largest absolute Gasteiger partial charge is 0.497 e. The zero-order valence-corrected chi connectivity index (χ0v) is 16.8. The Labute approximate surface area is 178 Å². The molecule has 0 bridgehead atoms. The Bertz CT molecular complexity index is 1250. The summed E-state index contributed by atoms with van der Waals surface area (Å²) in [5.74, 6) is 0.960. The third-order valence-electron chi connectivity index (χ3n) is 4.69. The molecule has 156 valence electrons. The van der Waals surface area contributed by atoms with E-state index >= 15 is 0 Å². The Morgan fingerprint density at radius 1 is 1.06 bits per heavy atom. The van der Waals surface area contributed by atoms with E-state index in [1.54, 1.807) is 62.0 Å². The van der Waals surface area contributed by atoms with Gasteiger partial charge in [-0.2, -0.15) is 0 Å². The molecule has 2 aromatic carbocycles. The summed E-state index contributed by atoms with van der Waals surface area (Å²) in [5, 5.41) is 3.54. The molecule has 31 heavy (non-hydrogen) atoms. The highest BCUT2D eigenvalue weighted by Gasteiger charge is 2.10. The Balaban J connectivity index is 1.41.